The Morgan fingerprint density at radius 1 is 1.33 bits per heavy atom. The molecular weight excluding hydrogens is 290 g/mol. The number of hydrogen-bond acceptors (Lipinski definition) is 2. The third-order valence-corrected chi connectivity index (χ3v) is 4.34. The maximum absolute atomic E-state index is 4.48. The van der Waals surface area contributed by atoms with E-state index in [9.17, 15) is 0 Å². The third-order valence-electron chi connectivity index (χ3n) is 3.54. The Balaban J connectivity index is 2.02. The van der Waals surface area contributed by atoms with Gasteiger partial charge in [-0.3, -0.25) is 5.10 Å². The minimum absolute atomic E-state index is 0.407. The second-order valence-corrected chi connectivity index (χ2v) is 5.56. The zero-order valence-electron chi connectivity index (χ0n) is 10.3. The van der Waals surface area contributed by atoms with Crippen LogP contribution in [0.2, 0.25) is 0 Å². The average molecular weight is 306 g/mol. The fraction of sp³-hybridized carbons (Fsp3) is 0.357. The first kappa shape index (κ1) is 11.9. The first-order valence-corrected chi connectivity index (χ1v) is 7.10. The number of rotatable bonds is 2. The van der Waals surface area contributed by atoms with Crippen LogP contribution in [0.5, 0.6) is 0 Å². The zero-order chi connectivity index (χ0) is 12.5. The largest absolute Gasteiger partial charge is 0.309 e. The van der Waals surface area contributed by atoms with Gasteiger partial charge in [0.2, 0.25) is 0 Å². The van der Waals surface area contributed by atoms with Crippen LogP contribution >= 0.6 is 15.9 Å². The van der Waals surface area contributed by atoms with Crippen molar-refractivity contribution in [1.29, 1.82) is 0 Å². The van der Waals surface area contributed by atoms with E-state index in [2.05, 4.69) is 62.6 Å². The van der Waals surface area contributed by atoms with Crippen LogP contribution < -0.4 is 5.32 Å². The zero-order valence-corrected chi connectivity index (χ0v) is 11.9. The van der Waals surface area contributed by atoms with Crippen molar-refractivity contribution in [2.24, 2.45) is 0 Å². The SMILES string of the molecule is Cc1ccccc1-c1n[nH]c(C2CCCN2)c1Br. The number of nitrogens with zero attached hydrogens (tertiary/aromatic N) is 1. The fourth-order valence-corrected chi connectivity index (χ4v) is 3.19. The Hall–Kier alpha value is -1.13. The van der Waals surface area contributed by atoms with Crippen LogP contribution in [0.15, 0.2) is 28.7 Å². The van der Waals surface area contributed by atoms with E-state index in [4.69, 9.17) is 0 Å². The van der Waals surface area contributed by atoms with Gasteiger partial charge in [0.25, 0.3) is 0 Å². The monoisotopic (exact) mass is 305 g/mol. The van der Waals surface area contributed by atoms with Gasteiger partial charge >= 0.3 is 0 Å². The van der Waals surface area contributed by atoms with Gasteiger partial charge in [0.1, 0.15) is 5.69 Å². The quantitative estimate of drug-likeness (QED) is 0.890. The lowest BCUT2D eigenvalue weighted by Gasteiger charge is -2.08. The van der Waals surface area contributed by atoms with Crippen molar-refractivity contribution >= 4 is 15.9 Å². The van der Waals surface area contributed by atoms with Crippen molar-refractivity contribution in [3.05, 3.63) is 40.0 Å². The minimum Gasteiger partial charge on any atom is -0.309 e. The molecule has 0 radical (unpaired) electrons. The van der Waals surface area contributed by atoms with E-state index < -0.39 is 0 Å². The highest BCUT2D eigenvalue weighted by Crippen LogP contribution is 2.35. The van der Waals surface area contributed by atoms with Crippen LogP contribution in [0.1, 0.15) is 30.1 Å². The number of benzene rings is 1. The second kappa shape index (κ2) is 4.86. The molecule has 1 aliphatic heterocycles. The van der Waals surface area contributed by atoms with Crippen molar-refractivity contribution in [2.75, 3.05) is 6.54 Å². The summed E-state index contributed by atoms with van der Waals surface area (Å²) >= 11 is 3.70. The average Bonchev–Trinajstić information content (AvgIpc) is 2.99. The molecule has 1 aromatic heterocycles. The molecule has 0 aliphatic carbocycles. The van der Waals surface area contributed by atoms with Crippen LogP contribution in [-0.4, -0.2) is 16.7 Å². The normalized spacial score (nSPS) is 19.3. The second-order valence-electron chi connectivity index (χ2n) is 4.76. The predicted octanol–water partition coefficient (Wildman–Crippen LogP) is 3.57. The Morgan fingerprint density at radius 2 is 2.17 bits per heavy atom. The molecule has 3 nitrogen and oxygen atoms in total. The van der Waals surface area contributed by atoms with E-state index in [0.717, 1.165) is 16.7 Å². The molecule has 0 amide bonds. The summed E-state index contributed by atoms with van der Waals surface area (Å²) in [6, 6.07) is 8.74. The van der Waals surface area contributed by atoms with Crippen molar-refractivity contribution in [3.63, 3.8) is 0 Å². The smallest absolute Gasteiger partial charge is 0.107 e. The van der Waals surface area contributed by atoms with Gasteiger partial charge in [0, 0.05) is 5.56 Å². The Bertz CT molecular complexity index is 556. The molecule has 1 saturated heterocycles. The molecular formula is C14H16BrN3. The maximum atomic E-state index is 4.48. The van der Waals surface area contributed by atoms with E-state index in [1.54, 1.807) is 0 Å². The number of aromatic amines is 1. The van der Waals surface area contributed by atoms with Crippen LogP contribution in [0.3, 0.4) is 0 Å². The van der Waals surface area contributed by atoms with E-state index in [0.29, 0.717) is 6.04 Å². The van der Waals surface area contributed by atoms with Crippen LogP contribution in [0.4, 0.5) is 0 Å². The molecule has 3 rings (SSSR count). The van der Waals surface area contributed by atoms with Gasteiger partial charge in [-0.05, 0) is 47.8 Å². The summed E-state index contributed by atoms with van der Waals surface area (Å²) in [5, 5.41) is 11.2. The first-order chi connectivity index (χ1) is 8.77. The first-order valence-electron chi connectivity index (χ1n) is 6.30. The van der Waals surface area contributed by atoms with Gasteiger partial charge in [-0.25, -0.2) is 0 Å². The Morgan fingerprint density at radius 3 is 2.89 bits per heavy atom. The summed E-state index contributed by atoms with van der Waals surface area (Å²) in [7, 11) is 0. The highest BCUT2D eigenvalue weighted by molar-refractivity contribution is 9.10. The van der Waals surface area contributed by atoms with Gasteiger partial charge in [0.15, 0.2) is 0 Å². The van der Waals surface area contributed by atoms with Gasteiger partial charge in [0.05, 0.1) is 16.2 Å². The van der Waals surface area contributed by atoms with Crippen molar-refractivity contribution in [2.45, 2.75) is 25.8 Å². The molecule has 94 valence electrons. The molecule has 1 aromatic carbocycles. The van der Waals surface area contributed by atoms with Crippen molar-refractivity contribution in [3.8, 4) is 11.3 Å². The lowest BCUT2D eigenvalue weighted by atomic mass is 10.0. The summed E-state index contributed by atoms with van der Waals surface area (Å²) in [6.45, 7) is 3.21. The van der Waals surface area contributed by atoms with E-state index in [1.165, 1.54) is 29.7 Å². The summed E-state index contributed by atoms with van der Waals surface area (Å²) in [4.78, 5) is 0. The molecule has 2 aromatic rings. The van der Waals surface area contributed by atoms with Gasteiger partial charge < -0.3 is 5.32 Å². The topological polar surface area (TPSA) is 40.7 Å². The number of halogens is 1. The van der Waals surface area contributed by atoms with Crippen LogP contribution in [-0.2, 0) is 0 Å². The third kappa shape index (κ3) is 1.99. The van der Waals surface area contributed by atoms with Crippen LogP contribution in [0, 0.1) is 6.92 Å². The fourth-order valence-electron chi connectivity index (χ4n) is 2.52. The van der Waals surface area contributed by atoms with E-state index in [1.807, 2.05) is 0 Å². The molecule has 4 heteroatoms. The summed E-state index contributed by atoms with van der Waals surface area (Å²) in [5.41, 5.74) is 4.61. The molecule has 0 saturated carbocycles. The molecule has 0 bridgehead atoms. The minimum atomic E-state index is 0.407. The number of aromatic nitrogens is 2. The van der Waals surface area contributed by atoms with E-state index >= 15 is 0 Å². The van der Waals surface area contributed by atoms with Crippen LogP contribution in [0.25, 0.3) is 11.3 Å². The lowest BCUT2D eigenvalue weighted by molar-refractivity contribution is 0.623. The number of hydrogen-bond donors (Lipinski definition) is 2. The van der Waals surface area contributed by atoms with Gasteiger partial charge in [-0.15, -0.1) is 0 Å². The highest BCUT2D eigenvalue weighted by atomic mass is 79.9. The lowest BCUT2D eigenvalue weighted by Crippen LogP contribution is -2.13. The summed E-state index contributed by atoms with van der Waals surface area (Å²) in [6.07, 6.45) is 2.41. The molecule has 18 heavy (non-hydrogen) atoms. The summed E-state index contributed by atoms with van der Waals surface area (Å²) < 4.78 is 1.09. The predicted molar refractivity (Wildman–Crippen MR) is 76.4 cm³/mol. The molecule has 1 atom stereocenters. The molecule has 1 fully saturated rings. The van der Waals surface area contributed by atoms with Gasteiger partial charge in [-0.2, -0.15) is 5.10 Å². The number of H-pyrrole nitrogens is 1. The van der Waals surface area contributed by atoms with Crippen molar-refractivity contribution in [1.82, 2.24) is 15.5 Å². The van der Waals surface area contributed by atoms with E-state index in [-0.39, 0.29) is 0 Å². The molecule has 0 spiro atoms. The standard InChI is InChI=1S/C14H16BrN3/c1-9-5-2-3-6-10(9)13-12(15)14(18-17-13)11-7-4-8-16-11/h2-3,5-6,11,16H,4,7-8H2,1H3,(H,17,18). The van der Waals surface area contributed by atoms with Crippen molar-refractivity contribution < 1.29 is 0 Å². The Labute approximate surface area is 115 Å². The highest BCUT2D eigenvalue weighted by Gasteiger charge is 2.23. The molecule has 1 aliphatic rings. The molecule has 2 N–H and O–H groups in total. The molecule has 2 heterocycles. The number of nitrogens with one attached hydrogen (secondary N) is 2. The van der Waals surface area contributed by atoms with Gasteiger partial charge in [-0.1, -0.05) is 24.3 Å². The maximum Gasteiger partial charge on any atom is 0.107 e. The number of aryl methyl sites for hydroxylation is 1. The molecule has 1 unspecified atom stereocenters. The summed E-state index contributed by atoms with van der Waals surface area (Å²) in [5.74, 6) is 0. The Kier molecular flexibility index (Phi) is 3.22.